The van der Waals surface area contributed by atoms with Gasteiger partial charge in [-0.05, 0) is 11.1 Å². The van der Waals surface area contributed by atoms with E-state index in [1.165, 1.54) is 11.1 Å². The molecule has 0 amide bonds. The molecule has 0 N–H and O–H groups in total. The van der Waals surface area contributed by atoms with Crippen molar-refractivity contribution in [1.82, 2.24) is 0 Å². The summed E-state index contributed by atoms with van der Waals surface area (Å²) in [5.74, 6) is 0.0918. The van der Waals surface area contributed by atoms with Crippen molar-refractivity contribution in [3.63, 3.8) is 0 Å². The van der Waals surface area contributed by atoms with Gasteiger partial charge in [-0.15, -0.1) is 11.8 Å². The Balaban J connectivity index is 2.43. The maximum atomic E-state index is 11.8. The highest BCUT2D eigenvalue weighted by atomic mass is 32.2. The van der Waals surface area contributed by atoms with Gasteiger partial charge in [-0.2, -0.15) is 0 Å². The summed E-state index contributed by atoms with van der Waals surface area (Å²) in [4.78, 5) is 11.8. The number of carbonyl (C=O) groups excluding carboxylic acids is 1. The lowest BCUT2D eigenvalue weighted by Crippen LogP contribution is -2.24. The quantitative estimate of drug-likeness (QED) is 0.729. The summed E-state index contributed by atoms with van der Waals surface area (Å²) in [7, 11) is 0. The average Bonchev–Trinajstić information content (AvgIpc) is 2.47. The summed E-state index contributed by atoms with van der Waals surface area (Å²) in [5, 5.41) is -0.0881. The van der Waals surface area contributed by atoms with E-state index >= 15 is 0 Å². The van der Waals surface area contributed by atoms with Gasteiger partial charge < -0.3 is 4.79 Å². The Morgan fingerprint density at radius 1 is 0.857 bits per heavy atom. The molecule has 21 heavy (non-hydrogen) atoms. The van der Waals surface area contributed by atoms with Gasteiger partial charge in [0.1, 0.15) is 6.29 Å². The van der Waals surface area contributed by atoms with E-state index in [-0.39, 0.29) is 15.9 Å². The number of thioether (sulfide) groups is 1. The zero-order valence-electron chi connectivity index (χ0n) is 12.8. The fraction of sp³-hybridized carbons (Fsp3) is 0.316. The molecule has 0 fully saturated rings. The minimum atomic E-state index is -0.0881. The van der Waals surface area contributed by atoms with Crippen LogP contribution in [0.1, 0.15) is 37.8 Å². The highest BCUT2D eigenvalue weighted by molar-refractivity contribution is 8.01. The van der Waals surface area contributed by atoms with Crippen LogP contribution < -0.4 is 0 Å². The van der Waals surface area contributed by atoms with E-state index in [9.17, 15) is 4.79 Å². The van der Waals surface area contributed by atoms with E-state index in [0.717, 1.165) is 6.29 Å². The first-order valence-electron chi connectivity index (χ1n) is 7.24. The zero-order chi connectivity index (χ0) is 15.3. The van der Waals surface area contributed by atoms with Crippen LogP contribution in [0.5, 0.6) is 0 Å². The Hall–Kier alpha value is -1.54. The number of hydrogen-bond acceptors (Lipinski definition) is 2. The number of aldehydes is 1. The van der Waals surface area contributed by atoms with Gasteiger partial charge in [-0.3, -0.25) is 0 Å². The molecule has 2 heteroatoms. The molecule has 2 rings (SSSR count). The van der Waals surface area contributed by atoms with E-state index in [2.05, 4.69) is 45.0 Å². The molecule has 0 aliphatic rings. The summed E-state index contributed by atoms with van der Waals surface area (Å²) in [6, 6.07) is 20.6. The first kappa shape index (κ1) is 15.8. The molecule has 0 spiro atoms. The molecule has 0 bridgehead atoms. The predicted molar refractivity (Wildman–Crippen MR) is 91.9 cm³/mol. The van der Waals surface area contributed by atoms with Crippen molar-refractivity contribution in [2.75, 3.05) is 0 Å². The second-order valence-electron chi connectivity index (χ2n) is 6.13. The van der Waals surface area contributed by atoms with Gasteiger partial charge in [-0.25, -0.2) is 0 Å². The minimum absolute atomic E-state index is 0.0490. The molecule has 0 radical (unpaired) electrons. The summed E-state index contributed by atoms with van der Waals surface area (Å²) < 4.78 is 0.0490. The molecule has 110 valence electrons. The molecular weight excluding hydrogens is 276 g/mol. The standard InChI is InChI=1S/C19H22OS/c1-19(2,3)21-17(14-20)18(15-10-6-4-7-11-15)16-12-8-5-9-13-16/h4-14,17-18H,1-3H3/t17-/m0/s1. The Morgan fingerprint density at radius 3 is 1.62 bits per heavy atom. The summed E-state index contributed by atoms with van der Waals surface area (Å²) in [6.45, 7) is 6.46. The van der Waals surface area contributed by atoms with Crippen molar-refractivity contribution in [3.05, 3.63) is 71.8 Å². The van der Waals surface area contributed by atoms with Gasteiger partial charge in [-0.1, -0.05) is 81.4 Å². The van der Waals surface area contributed by atoms with Crippen molar-refractivity contribution >= 4 is 18.0 Å². The van der Waals surface area contributed by atoms with Crippen molar-refractivity contribution in [2.24, 2.45) is 0 Å². The van der Waals surface area contributed by atoms with Crippen molar-refractivity contribution < 1.29 is 4.79 Å². The molecule has 0 saturated heterocycles. The lowest BCUT2D eigenvalue weighted by molar-refractivity contribution is -0.107. The number of hydrogen-bond donors (Lipinski definition) is 0. The maximum Gasteiger partial charge on any atom is 0.133 e. The van der Waals surface area contributed by atoms with Crippen LogP contribution in [0, 0.1) is 0 Å². The van der Waals surface area contributed by atoms with Gasteiger partial charge in [0, 0.05) is 10.7 Å². The highest BCUT2D eigenvalue weighted by Crippen LogP contribution is 2.39. The van der Waals surface area contributed by atoms with Crippen LogP contribution in [0.2, 0.25) is 0 Å². The smallest absolute Gasteiger partial charge is 0.133 e. The molecule has 0 aromatic heterocycles. The Bertz CT molecular complexity index is 518. The van der Waals surface area contributed by atoms with Gasteiger partial charge >= 0.3 is 0 Å². The maximum absolute atomic E-state index is 11.8. The summed E-state index contributed by atoms with van der Waals surface area (Å²) in [6.07, 6.45) is 1.10. The van der Waals surface area contributed by atoms with Gasteiger partial charge in [0.25, 0.3) is 0 Å². The first-order valence-corrected chi connectivity index (χ1v) is 8.12. The largest absolute Gasteiger partial charge is 0.302 e. The molecule has 0 heterocycles. The monoisotopic (exact) mass is 298 g/mol. The predicted octanol–water partition coefficient (Wildman–Crippen LogP) is 4.92. The van der Waals surface area contributed by atoms with Crippen molar-refractivity contribution in [1.29, 1.82) is 0 Å². The van der Waals surface area contributed by atoms with Crippen LogP contribution in [0.15, 0.2) is 60.7 Å². The zero-order valence-corrected chi connectivity index (χ0v) is 13.6. The molecule has 2 aromatic rings. The van der Waals surface area contributed by atoms with Crippen LogP contribution in [0.3, 0.4) is 0 Å². The van der Waals surface area contributed by atoms with E-state index in [0.29, 0.717) is 0 Å². The third-order valence-corrected chi connectivity index (χ3v) is 4.63. The SMILES string of the molecule is CC(C)(C)S[C@@H](C=O)C(c1ccccc1)c1ccccc1. The normalized spacial score (nSPS) is 13.1. The Morgan fingerprint density at radius 2 is 1.29 bits per heavy atom. The lowest BCUT2D eigenvalue weighted by atomic mass is 9.89. The molecular formula is C19H22OS. The fourth-order valence-electron chi connectivity index (χ4n) is 2.48. The fourth-order valence-corrected chi connectivity index (χ4v) is 3.80. The third-order valence-electron chi connectivity index (χ3n) is 3.27. The number of benzene rings is 2. The molecule has 1 atom stereocenters. The molecule has 0 unspecified atom stereocenters. The third kappa shape index (κ3) is 4.47. The van der Waals surface area contributed by atoms with Gasteiger partial charge in [0.2, 0.25) is 0 Å². The summed E-state index contributed by atoms with van der Waals surface area (Å²) in [5.41, 5.74) is 2.38. The van der Waals surface area contributed by atoms with E-state index in [1.807, 2.05) is 36.4 Å². The van der Waals surface area contributed by atoms with Crippen LogP contribution >= 0.6 is 11.8 Å². The van der Waals surface area contributed by atoms with Crippen LogP contribution in [0.4, 0.5) is 0 Å². The van der Waals surface area contributed by atoms with Crippen molar-refractivity contribution in [2.45, 2.75) is 36.7 Å². The average molecular weight is 298 g/mol. The molecule has 1 nitrogen and oxygen atoms in total. The van der Waals surface area contributed by atoms with E-state index in [1.54, 1.807) is 11.8 Å². The second kappa shape index (κ2) is 6.95. The van der Waals surface area contributed by atoms with Gasteiger partial charge in [0.05, 0.1) is 5.25 Å². The van der Waals surface area contributed by atoms with Crippen LogP contribution in [-0.4, -0.2) is 16.3 Å². The Labute approximate surface area is 131 Å². The summed E-state index contributed by atoms with van der Waals surface area (Å²) >= 11 is 1.73. The van der Waals surface area contributed by atoms with Gasteiger partial charge in [0.15, 0.2) is 0 Å². The molecule has 0 saturated carbocycles. The lowest BCUT2D eigenvalue weighted by Gasteiger charge is -2.29. The molecule has 0 aliphatic heterocycles. The highest BCUT2D eigenvalue weighted by Gasteiger charge is 2.29. The molecule has 2 aromatic carbocycles. The van der Waals surface area contributed by atoms with E-state index in [4.69, 9.17) is 0 Å². The Kier molecular flexibility index (Phi) is 5.24. The van der Waals surface area contributed by atoms with Crippen LogP contribution in [-0.2, 0) is 4.79 Å². The first-order chi connectivity index (χ1) is 10.0. The number of carbonyl (C=O) groups is 1. The van der Waals surface area contributed by atoms with Crippen LogP contribution in [0.25, 0.3) is 0 Å². The minimum Gasteiger partial charge on any atom is -0.302 e. The topological polar surface area (TPSA) is 17.1 Å². The van der Waals surface area contributed by atoms with E-state index < -0.39 is 0 Å². The molecule has 0 aliphatic carbocycles. The van der Waals surface area contributed by atoms with Crippen molar-refractivity contribution in [3.8, 4) is 0 Å². The second-order valence-corrected chi connectivity index (χ2v) is 8.13. The number of rotatable bonds is 5.